The van der Waals surface area contributed by atoms with Gasteiger partial charge in [-0.1, -0.05) is 31.9 Å². The van der Waals surface area contributed by atoms with E-state index in [4.69, 9.17) is 39.5 Å². The van der Waals surface area contributed by atoms with Crippen molar-refractivity contribution in [2.24, 2.45) is 23.7 Å². The molecule has 0 radical (unpaired) electrons. The average molecular weight is 644 g/mol. The summed E-state index contributed by atoms with van der Waals surface area (Å²) >= 11 is 0. The number of hydrogen-bond acceptors (Lipinski definition) is 15. The number of rotatable bonds is 8. The third-order valence-electron chi connectivity index (χ3n) is 5.19. The van der Waals surface area contributed by atoms with E-state index < -0.39 is 78.0 Å². The van der Waals surface area contributed by atoms with Crippen LogP contribution in [0.4, 0.5) is 0 Å². The second-order valence-corrected chi connectivity index (χ2v) is 7.65. The van der Waals surface area contributed by atoms with Crippen LogP contribution in [0.1, 0.15) is 6.42 Å². The third kappa shape index (κ3) is 11.8. The summed E-state index contributed by atoms with van der Waals surface area (Å²) in [5.74, 6) is -11.3. The molecule has 1 fully saturated rings. The monoisotopic (exact) mass is 642 g/mol. The van der Waals surface area contributed by atoms with Gasteiger partial charge in [-0.05, 0) is 36.5 Å². The quantitative estimate of drug-likeness (QED) is 0.127. The number of hydrogen-bond donors (Lipinski definition) is 3. The van der Waals surface area contributed by atoms with Gasteiger partial charge in [-0.15, -0.1) is 0 Å². The number of esters is 2. The summed E-state index contributed by atoms with van der Waals surface area (Å²) in [6.45, 7) is 8.06. The van der Waals surface area contributed by atoms with Gasteiger partial charge >= 0.3 is 38.1 Å². The minimum absolute atomic E-state index is 0. The molecule has 0 aromatic heterocycles. The fraction of sp³-hybridized carbons (Fsp3) is 0.333. The fourth-order valence-corrected chi connectivity index (χ4v) is 3.54. The van der Waals surface area contributed by atoms with E-state index in [1.807, 2.05) is 0 Å². The molecule has 40 heavy (non-hydrogen) atoms. The Balaban J connectivity index is 0. The number of carboxylic acid groups (broad SMARTS) is 4. The molecule has 1 saturated carbocycles. The molecule has 0 spiro atoms. The Labute approximate surface area is 246 Å². The first-order chi connectivity index (χ1) is 18.1. The normalized spacial score (nSPS) is 23.5. The largest absolute Gasteiger partial charge is 4.00 e. The minimum Gasteiger partial charge on any atom is -0.550 e. The van der Waals surface area contributed by atoms with Crippen LogP contribution in [0.2, 0.25) is 0 Å². The molecule has 15 nitrogen and oxygen atoms in total. The SMILES string of the molecule is C=CC(=O)[O-].C=CC(=O)[O-].C=CC(=O)[O-].O=C1O[C@H]([C@@H](O)COC(=O)C2C3C=CC(C3)C2C(=O)[O-])C(O)=C1O.[Zr+4]. The number of aliphatic hydroxyl groups excluding tert-OH is 3. The van der Waals surface area contributed by atoms with Crippen LogP contribution in [-0.4, -0.2) is 70.0 Å². The van der Waals surface area contributed by atoms with Crippen molar-refractivity contribution in [3.8, 4) is 0 Å². The van der Waals surface area contributed by atoms with Crippen molar-refractivity contribution in [3.05, 3.63) is 61.6 Å². The predicted molar refractivity (Wildman–Crippen MR) is 117 cm³/mol. The van der Waals surface area contributed by atoms with Gasteiger partial charge in [-0.2, -0.15) is 0 Å². The van der Waals surface area contributed by atoms with Crippen LogP contribution in [0.3, 0.4) is 0 Å². The van der Waals surface area contributed by atoms with Crippen LogP contribution in [-0.2, 0) is 64.4 Å². The van der Waals surface area contributed by atoms with E-state index in [0.29, 0.717) is 6.42 Å². The average Bonchev–Trinajstić information content (AvgIpc) is 3.58. The Bertz CT molecular complexity index is 1020. The number of carbonyl (C=O) groups excluding carboxylic acids is 6. The summed E-state index contributed by atoms with van der Waals surface area (Å²) in [4.78, 5) is 61.9. The van der Waals surface area contributed by atoms with Crippen LogP contribution in [0.15, 0.2) is 61.6 Å². The van der Waals surface area contributed by atoms with Crippen LogP contribution < -0.4 is 20.4 Å². The molecule has 4 unspecified atom stereocenters. The molecular formula is C24H24O15Zr. The van der Waals surface area contributed by atoms with E-state index in [1.54, 1.807) is 12.2 Å². The van der Waals surface area contributed by atoms with Gasteiger partial charge in [-0.3, -0.25) is 4.79 Å². The van der Waals surface area contributed by atoms with E-state index in [9.17, 15) is 29.7 Å². The maximum absolute atomic E-state index is 12.2. The summed E-state index contributed by atoms with van der Waals surface area (Å²) < 4.78 is 9.48. The van der Waals surface area contributed by atoms with Crippen molar-refractivity contribution < 1.29 is 100 Å². The van der Waals surface area contributed by atoms with Gasteiger partial charge < -0.3 is 64.4 Å². The number of carbonyl (C=O) groups is 6. The molecule has 16 heteroatoms. The Morgan fingerprint density at radius 2 is 1.32 bits per heavy atom. The summed E-state index contributed by atoms with van der Waals surface area (Å²) in [5.41, 5.74) is 0. The Morgan fingerprint density at radius 1 is 0.925 bits per heavy atom. The van der Waals surface area contributed by atoms with Gasteiger partial charge in [0.2, 0.25) is 5.76 Å². The molecular weight excluding hydrogens is 619 g/mol. The first kappa shape index (κ1) is 38.1. The van der Waals surface area contributed by atoms with Gasteiger partial charge in [0.1, 0.15) is 12.7 Å². The van der Waals surface area contributed by atoms with E-state index in [-0.39, 0.29) is 38.0 Å². The molecule has 0 aromatic carbocycles. The van der Waals surface area contributed by atoms with Crippen molar-refractivity contribution in [1.82, 2.24) is 0 Å². The molecule has 0 aromatic rings. The molecule has 3 rings (SSSR count). The fourth-order valence-electron chi connectivity index (χ4n) is 3.54. The van der Waals surface area contributed by atoms with Crippen LogP contribution in [0.25, 0.3) is 0 Å². The van der Waals surface area contributed by atoms with E-state index in [0.717, 1.165) is 18.2 Å². The number of carboxylic acids is 4. The number of aliphatic hydroxyl groups is 3. The molecule has 6 atom stereocenters. The molecule has 3 aliphatic rings. The van der Waals surface area contributed by atoms with E-state index in [2.05, 4.69) is 24.5 Å². The standard InChI is InChI=1S/C15H16O9.3C3H4O2.Zr/c16-7(12-10(17)11(18)15(22)24-12)4-23-14(21)9-6-2-1-5(3-6)8(9)13(19)20;3*1-2-3(4)5;/h1-2,5-9,12,16-18H,3-4H2,(H,19,20);3*2H,1H2,(H,4,5);/q;;;;+4/p-4/t5?,6?,7-,8?,9?,12+;;;;/m0..../s1. The first-order valence-corrected chi connectivity index (χ1v) is 10.7. The second-order valence-electron chi connectivity index (χ2n) is 7.65. The van der Waals surface area contributed by atoms with Gasteiger partial charge in [-0.25, -0.2) is 4.79 Å². The first-order valence-electron chi connectivity index (χ1n) is 10.7. The smallest absolute Gasteiger partial charge is 0.550 e. The number of cyclic esters (lactones) is 1. The molecule has 1 aliphatic heterocycles. The number of ether oxygens (including phenoxy) is 2. The zero-order chi connectivity index (χ0) is 30.4. The maximum Gasteiger partial charge on any atom is 4.00 e. The summed E-state index contributed by atoms with van der Waals surface area (Å²) in [6, 6.07) is 0. The molecule has 0 amide bonds. The predicted octanol–water partition coefficient (Wildman–Crippen LogP) is -4.90. The van der Waals surface area contributed by atoms with E-state index in [1.165, 1.54) is 0 Å². The Kier molecular flexibility index (Phi) is 17.4. The zero-order valence-electron chi connectivity index (χ0n) is 20.6. The molecule has 1 heterocycles. The summed E-state index contributed by atoms with van der Waals surface area (Å²) in [7, 11) is 0. The molecule has 3 N–H and O–H groups in total. The Hall–Kier alpha value is -4.04. The van der Waals surface area contributed by atoms with Gasteiger partial charge in [0.15, 0.2) is 11.9 Å². The van der Waals surface area contributed by atoms with Crippen molar-refractivity contribution in [2.75, 3.05) is 6.61 Å². The van der Waals surface area contributed by atoms with Gasteiger partial charge in [0.25, 0.3) is 0 Å². The number of fused-ring (bicyclic) bond motifs is 2. The molecule has 2 bridgehead atoms. The van der Waals surface area contributed by atoms with Crippen molar-refractivity contribution in [3.63, 3.8) is 0 Å². The minimum atomic E-state index is -1.60. The molecule has 214 valence electrons. The van der Waals surface area contributed by atoms with Crippen molar-refractivity contribution >= 4 is 35.8 Å². The Morgan fingerprint density at radius 3 is 1.65 bits per heavy atom. The van der Waals surface area contributed by atoms with E-state index >= 15 is 0 Å². The van der Waals surface area contributed by atoms with Crippen molar-refractivity contribution in [1.29, 1.82) is 0 Å². The van der Waals surface area contributed by atoms with Crippen LogP contribution >= 0.6 is 0 Å². The second kappa shape index (κ2) is 18.3. The topological polar surface area (TPSA) is 274 Å². The van der Waals surface area contributed by atoms with Crippen LogP contribution in [0, 0.1) is 23.7 Å². The maximum atomic E-state index is 12.2. The molecule has 2 aliphatic carbocycles. The summed E-state index contributed by atoms with van der Waals surface area (Å²) in [5, 5.41) is 67.1. The summed E-state index contributed by atoms with van der Waals surface area (Å²) in [6.07, 6.45) is 3.06. The van der Waals surface area contributed by atoms with Gasteiger partial charge in [0, 0.05) is 11.9 Å². The molecule has 0 saturated heterocycles. The van der Waals surface area contributed by atoms with Crippen LogP contribution in [0.5, 0.6) is 0 Å². The number of allylic oxidation sites excluding steroid dienone is 2. The van der Waals surface area contributed by atoms with Crippen molar-refractivity contribution in [2.45, 2.75) is 18.6 Å². The van der Waals surface area contributed by atoms with Gasteiger partial charge in [0.05, 0.1) is 23.8 Å². The third-order valence-corrected chi connectivity index (χ3v) is 5.19. The number of aliphatic carboxylic acids is 4. The zero-order valence-corrected chi connectivity index (χ0v) is 23.1.